The number of aliphatic imine (C=N–C) groups is 2. The molecule has 1 saturated carbocycles. The van der Waals surface area contributed by atoms with E-state index in [-0.39, 0.29) is 18.3 Å². The van der Waals surface area contributed by atoms with Crippen molar-refractivity contribution >= 4 is 17.6 Å². The number of aliphatic hydroxyl groups is 1. The van der Waals surface area contributed by atoms with Crippen LogP contribution in [0.2, 0.25) is 0 Å². The highest BCUT2D eigenvalue weighted by molar-refractivity contribution is 6.03. The van der Waals surface area contributed by atoms with Crippen molar-refractivity contribution in [1.82, 2.24) is 10.6 Å². The molecule has 3 atom stereocenters. The second-order valence-corrected chi connectivity index (χ2v) is 6.61. The Labute approximate surface area is 153 Å². The summed E-state index contributed by atoms with van der Waals surface area (Å²) < 4.78 is 0. The molecule has 0 radical (unpaired) electrons. The highest BCUT2D eigenvalue weighted by Gasteiger charge is 2.28. The number of benzene rings is 2. The molecule has 1 aliphatic heterocycles. The number of anilines is 1. The Kier molecular flexibility index (Phi) is 4.84. The lowest BCUT2D eigenvalue weighted by molar-refractivity contribution is 0.157. The largest absolute Gasteiger partial charge is 0.391 e. The predicted octanol–water partition coefficient (Wildman–Crippen LogP) is 2.62. The molecule has 1 heterocycles. The maximum Gasteiger partial charge on any atom is 0.228 e. The zero-order chi connectivity index (χ0) is 17.8. The molecule has 6 nitrogen and oxygen atoms in total. The Bertz CT molecular complexity index is 790. The highest BCUT2D eigenvalue weighted by atomic mass is 16.3. The predicted molar refractivity (Wildman–Crippen MR) is 104 cm³/mol. The molecule has 2 aromatic carbocycles. The van der Waals surface area contributed by atoms with Crippen LogP contribution in [0.3, 0.4) is 0 Å². The Balaban J connectivity index is 1.58. The first kappa shape index (κ1) is 16.6. The van der Waals surface area contributed by atoms with E-state index in [1.165, 1.54) is 0 Å². The molecule has 0 aromatic heterocycles. The Morgan fingerprint density at radius 3 is 2.38 bits per heavy atom. The number of nitrogens with one attached hydrogen (secondary N) is 3. The fourth-order valence-corrected chi connectivity index (χ4v) is 3.31. The molecule has 1 aliphatic carbocycles. The van der Waals surface area contributed by atoms with Crippen LogP contribution in [0.25, 0.3) is 0 Å². The monoisotopic (exact) mass is 349 g/mol. The summed E-state index contributed by atoms with van der Waals surface area (Å²) in [7, 11) is 0. The molecule has 134 valence electrons. The Morgan fingerprint density at radius 1 is 0.962 bits per heavy atom. The summed E-state index contributed by atoms with van der Waals surface area (Å²) in [6.07, 6.45) is 2.23. The molecule has 26 heavy (non-hydrogen) atoms. The summed E-state index contributed by atoms with van der Waals surface area (Å²) in [5, 5.41) is 20.1. The number of hydrogen-bond acceptors (Lipinski definition) is 6. The van der Waals surface area contributed by atoms with Crippen LogP contribution in [0, 0.1) is 0 Å². The van der Waals surface area contributed by atoms with Gasteiger partial charge in [-0.05, 0) is 37.0 Å². The van der Waals surface area contributed by atoms with Gasteiger partial charge in [-0.15, -0.1) is 0 Å². The lowest BCUT2D eigenvalue weighted by atomic mass is 10.1. The summed E-state index contributed by atoms with van der Waals surface area (Å²) in [5.74, 6) is 1.18. The molecule has 2 aliphatic rings. The van der Waals surface area contributed by atoms with Gasteiger partial charge in [-0.1, -0.05) is 48.5 Å². The number of nitrogens with zero attached hydrogens (tertiary/aromatic N) is 2. The Morgan fingerprint density at radius 2 is 1.69 bits per heavy atom. The molecule has 2 unspecified atom stereocenters. The van der Waals surface area contributed by atoms with Crippen LogP contribution in [0.4, 0.5) is 5.69 Å². The van der Waals surface area contributed by atoms with Crippen molar-refractivity contribution in [2.75, 3.05) is 5.32 Å². The van der Waals surface area contributed by atoms with Crippen molar-refractivity contribution in [3.8, 4) is 0 Å². The maximum absolute atomic E-state index is 10.1. The van der Waals surface area contributed by atoms with E-state index in [1.54, 1.807) is 0 Å². The molecule has 0 amide bonds. The van der Waals surface area contributed by atoms with Gasteiger partial charge >= 0.3 is 0 Å². The topological polar surface area (TPSA) is 81.0 Å². The number of hydrogen-bond donors (Lipinski definition) is 4. The van der Waals surface area contributed by atoms with E-state index in [0.717, 1.165) is 30.5 Å². The average Bonchev–Trinajstić information content (AvgIpc) is 3.08. The van der Waals surface area contributed by atoms with Gasteiger partial charge in [-0.2, -0.15) is 4.99 Å². The third kappa shape index (κ3) is 3.86. The minimum Gasteiger partial charge on any atom is -0.391 e. The standard InChI is InChI=1S/C20H23N5O/c26-17-13-7-12-16(17)22-20-24-18(14-8-3-1-4-9-14)23-19(25-20)21-15-10-5-2-6-11-15/h1-6,8-11,16-18,26H,7,12-13H2,(H3,21,22,23,24,25)/t16?,17-,18?/m0/s1. The fourth-order valence-electron chi connectivity index (χ4n) is 3.31. The van der Waals surface area contributed by atoms with Gasteiger partial charge in [-0.3, -0.25) is 0 Å². The summed E-state index contributed by atoms with van der Waals surface area (Å²) in [4.78, 5) is 9.27. The number of rotatable bonds is 3. The first-order chi connectivity index (χ1) is 12.8. The molecule has 0 saturated heterocycles. The van der Waals surface area contributed by atoms with Gasteiger partial charge < -0.3 is 21.1 Å². The van der Waals surface area contributed by atoms with Gasteiger partial charge in [0, 0.05) is 5.69 Å². The van der Waals surface area contributed by atoms with Crippen LogP contribution in [0.15, 0.2) is 70.6 Å². The zero-order valence-electron chi connectivity index (χ0n) is 14.5. The summed E-state index contributed by atoms with van der Waals surface area (Å²) in [5.41, 5.74) is 1.99. The lowest BCUT2D eigenvalue weighted by Gasteiger charge is -2.27. The van der Waals surface area contributed by atoms with Crippen LogP contribution in [-0.4, -0.2) is 29.2 Å². The van der Waals surface area contributed by atoms with Crippen LogP contribution >= 0.6 is 0 Å². The smallest absolute Gasteiger partial charge is 0.228 e. The van der Waals surface area contributed by atoms with Crippen molar-refractivity contribution < 1.29 is 5.11 Å². The third-order valence-corrected chi connectivity index (χ3v) is 4.69. The third-order valence-electron chi connectivity index (χ3n) is 4.69. The summed E-state index contributed by atoms with van der Waals surface area (Å²) in [6, 6.07) is 19.9. The van der Waals surface area contributed by atoms with Gasteiger partial charge in [0.05, 0.1) is 12.1 Å². The van der Waals surface area contributed by atoms with E-state index in [4.69, 9.17) is 4.99 Å². The van der Waals surface area contributed by atoms with Gasteiger partial charge in [0.15, 0.2) is 6.17 Å². The SMILES string of the molecule is O[C@H]1CCCC1NC1=NC(Nc2ccccc2)=NC(c2ccccc2)N1. The van der Waals surface area contributed by atoms with Crippen molar-refractivity contribution in [2.24, 2.45) is 9.98 Å². The molecule has 6 heteroatoms. The quantitative estimate of drug-likeness (QED) is 0.687. The van der Waals surface area contributed by atoms with Gasteiger partial charge in [0.25, 0.3) is 0 Å². The molecule has 4 rings (SSSR count). The number of para-hydroxylation sites is 1. The van der Waals surface area contributed by atoms with Crippen LogP contribution in [0.1, 0.15) is 31.0 Å². The van der Waals surface area contributed by atoms with E-state index in [9.17, 15) is 5.11 Å². The summed E-state index contributed by atoms with van der Waals surface area (Å²) >= 11 is 0. The molecular weight excluding hydrogens is 326 g/mol. The highest BCUT2D eigenvalue weighted by Crippen LogP contribution is 2.21. The number of guanidine groups is 2. The van der Waals surface area contributed by atoms with Crippen LogP contribution < -0.4 is 16.0 Å². The maximum atomic E-state index is 10.1. The van der Waals surface area contributed by atoms with Crippen molar-refractivity contribution in [3.63, 3.8) is 0 Å². The minimum absolute atomic E-state index is 0.0220. The lowest BCUT2D eigenvalue weighted by Crippen LogP contribution is -2.49. The first-order valence-electron chi connectivity index (χ1n) is 9.02. The molecule has 1 fully saturated rings. The van der Waals surface area contributed by atoms with Crippen LogP contribution in [0.5, 0.6) is 0 Å². The van der Waals surface area contributed by atoms with E-state index in [0.29, 0.717) is 11.9 Å². The zero-order valence-corrected chi connectivity index (χ0v) is 14.5. The molecule has 0 bridgehead atoms. The first-order valence-corrected chi connectivity index (χ1v) is 9.02. The minimum atomic E-state index is -0.334. The van der Waals surface area contributed by atoms with Crippen LogP contribution in [-0.2, 0) is 0 Å². The second-order valence-electron chi connectivity index (χ2n) is 6.61. The second kappa shape index (κ2) is 7.58. The van der Waals surface area contributed by atoms with Crippen molar-refractivity contribution in [1.29, 1.82) is 0 Å². The van der Waals surface area contributed by atoms with Crippen molar-refractivity contribution in [3.05, 3.63) is 66.2 Å². The van der Waals surface area contributed by atoms with E-state index < -0.39 is 0 Å². The molecule has 0 spiro atoms. The molecule has 2 aromatic rings. The van der Waals surface area contributed by atoms with Gasteiger partial charge in [0.2, 0.25) is 11.9 Å². The Hall–Kier alpha value is -2.86. The normalized spacial score (nSPS) is 25.0. The van der Waals surface area contributed by atoms with Crippen molar-refractivity contribution in [2.45, 2.75) is 37.6 Å². The summed E-state index contributed by atoms with van der Waals surface area (Å²) in [6.45, 7) is 0. The molecular formula is C20H23N5O. The van der Waals surface area contributed by atoms with E-state index >= 15 is 0 Å². The molecule has 4 N–H and O–H groups in total. The average molecular weight is 349 g/mol. The van der Waals surface area contributed by atoms with Gasteiger partial charge in [0.1, 0.15) is 0 Å². The van der Waals surface area contributed by atoms with Gasteiger partial charge in [-0.25, -0.2) is 4.99 Å². The van der Waals surface area contributed by atoms with E-state index in [1.807, 2.05) is 60.7 Å². The number of aliphatic hydroxyl groups excluding tert-OH is 1. The van der Waals surface area contributed by atoms with E-state index in [2.05, 4.69) is 20.9 Å². The fraction of sp³-hybridized carbons (Fsp3) is 0.300.